The highest BCUT2D eigenvalue weighted by Crippen LogP contribution is 2.11. The molecule has 0 spiro atoms. The molecule has 0 bridgehead atoms. The second-order valence-electron chi connectivity index (χ2n) is 4.37. The fourth-order valence-electron chi connectivity index (χ4n) is 2.06. The summed E-state index contributed by atoms with van der Waals surface area (Å²) in [7, 11) is 0. The fourth-order valence-corrected chi connectivity index (χ4v) is 2.06. The van der Waals surface area contributed by atoms with Crippen molar-refractivity contribution in [1.29, 1.82) is 0 Å². The van der Waals surface area contributed by atoms with Gasteiger partial charge in [0.15, 0.2) is 0 Å². The molecule has 2 heterocycles. The summed E-state index contributed by atoms with van der Waals surface area (Å²) in [5.74, 6) is -0.611. The molecule has 1 saturated heterocycles. The maximum Gasteiger partial charge on any atom is 0.270 e. The van der Waals surface area contributed by atoms with Gasteiger partial charge in [-0.1, -0.05) is 0 Å². The third kappa shape index (κ3) is 3.30. The molecule has 0 aromatic carbocycles. The molecule has 0 unspecified atom stereocenters. The van der Waals surface area contributed by atoms with E-state index in [0.29, 0.717) is 19.5 Å². The van der Waals surface area contributed by atoms with Crippen molar-refractivity contribution >= 4 is 11.8 Å². The van der Waals surface area contributed by atoms with E-state index in [9.17, 15) is 18.4 Å². The van der Waals surface area contributed by atoms with Gasteiger partial charge in [-0.3, -0.25) is 9.59 Å². The highest BCUT2D eigenvalue weighted by molar-refractivity contribution is 5.95. The minimum Gasteiger partial charge on any atom is -0.354 e. The summed E-state index contributed by atoms with van der Waals surface area (Å²) < 4.78 is 26.0. The van der Waals surface area contributed by atoms with Crippen molar-refractivity contribution in [2.24, 2.45) is 0 Å². The molecule has 1 N–H and O–H groups in total. The molecule has 1 aliphatic rings. The Morgan fingerprint density at radius 1 is 1.47 bits per heavy atom. The monoisotopic (exact) mass is 271 g/mol. The minimum atomic E-state index is -2.52. The molecule has 0 radical (unpaired) electrons. The number of nitrogens with zero attached hydrogens (tertiary/aromatic N) is 2. The molecule has 1 aromatic rings. The first-order chi connectivity index (χ1) is 9.08. The first-order valence-corrected chi connectivity index (χ1v) is 6.07. The number of hydrogen-bond acceptors (Lipinski definition) is 2. The van der Waals surface area contributed by atoms with Gasteiger partial charge in [0.1, 0.15) is 5.69 Å². The van der Waals surface area contributed by atoms with Crippen molar-refractivity contribution in [3.63, 3.8) is 0 Å². The highest BCUT2D eigenvalue weighted by Gasteiger charge is 2.23. The number of carbonyl (C=O) groups is 2. The quantitative estimate of drug-likeness (QED) is 0.880. The van der Waals surface area contributed by atoms with Crippen molar-refractivity contribution in [3.05, 3.63) is 24.0 Å². The van der Waals surface area contributed by atoms with Gasteiger partial charge in [-0.15, -0.1) is 0 Å². The van der Waals surface area contributed by atoms with E-state index >= 15 is 0 Å². The Balaban J connectivity index is 2.14. The van der Waals surface area contributed by atoms with Crippen molar-refractivity contribution in [1.82, 2.24) is 14.8 Å². The van der Waals surface area contributed by atoms with E-state index in [1.807, 2.05) is 0 Å². The summed E-state index contributed by atoms with van der Waals surface area (Å²) in [6.45, 7) is 0.422. The maximum atomic E-state index is 12.4. The van der Waals surface area contributed by atoms with Crippen LogP contribution in [0.4, 0.5) is 8.78 Å². The van der Waals surface area contributed by atoms with E-state index in [2.05, 4.69) is 5.32 Å². The smallest absolute Gasteiger partial charge is 0.270 e. The van der Waals surface area contributed by atoms with E-state index in [1.165, 1.54) is 21.7 Å². The third-order valence-electron chi connectivity index (χ3n) is 2.93. The van der Waals surface area contributed by atoms with E-state index in [0.717, 1.165) is 0 Å². The SMILES string of the molecule is O=C1CN(C(=O)c2cccn2CC(F)F)CCCN1. The van der Waals surface area contributed by atoms with Crippen LogP contribution in [-0.2, 0) is 11.3 Å². The van der Waals surface area contributed by atoms with Crippen LogP contribution in [0.25, 0.3) is 0 Å². The third-order valence-corrected chi connectivity index (χ3v) is 2.93. The second-order valence-corrected chi connectivity index (χ2v) is 4.37. The van der Waals surface area contributed by atoms with Gasteiger partial charge in [0.2, 0.25) is 5.91 Å². The lowest BCUT2D eigenvalue weighted by molar-refractivity contribution is -0.121. The summed E-state index contributed by atoms with van der Waals surface area (Å²) in [6, 6.07) is 3.04. The van der Waals surface area contributed by atoms with E-state index in [-0.39, 0.29) is 24.1 Å². The van der Waals surface area contributed by atoms with Gasteiger partial charge < -0.3 is 14.8 Å². The normalized spacial score (nSPS) is 16.4. The molecule has 1 aliphatic heterocycles. The zero-order chi connectivity index (χ0) is 13.8. The first-order valence-electron chi connectivity index (χ1n) is 6.07. The standard InChI is InChI=1S/C12H15F2N3O2/c13-10(14)7-16-5-1-3-9(16)12(19)17-6-2-4-15-11(18)8-17/h1,3,5,10H,2,4,6-8H2,(H,15,18). The van der Waals surface area contributed by atoms with Gasteiger partial charge in [-0.05, 0) is 18.6 Å². The topological polar surface area (TPSA) is 54.3 Å². The zero-order valence-electron chi connectivity index (χ0n) is 10.3. The van der Waals surface area contributed by atoms with Crippen molar-refractivity contribution < 1.29 is 18.4 Å². The summed E-state index contributed by atoms with van der Waals surface area (Å²) in [4.78, 5) is 25.0. The summed E-state index contributed by atoms with van der Waals surface area (Å²) in [5.41, 5.74) is 0.190. The number of carbonyl (C=O) groups excluding carboxylic acids is 2. The van der Waals surface area contributed by atoms with Gasteiger partial charge in [0.05, 0.1) is 13.1 Å². The van der Waals surface area contributed by atoms with E-state index < -0.39 is 13.0 Å². The number of aromatic nitrogens is 1. The van der Waals surface area contributed by atoms with Gasteiger partial charge in [-0.25, -0.2) is 8.78 Å². The average molecular weight is 271 g/mol. The molecule has 19 heavy (non-hydrogen) atoms. The van der Waals surface area contributed by atoms with Crippen LogP contribution in [0.2, 0.25) is 0 Å². The highest BCUT2D eigenvalue weighted by atomic mass is 19.3. The van der Waals surface area contributed by atoms with Crippen LogP contribution in [0, 0.1) is 0 Å². The Kier molecular flexibility index (Phi) is 4.13. The Hall–Kier alpha value is -1.92. The predicted octanol–water partition coefficient (Wildman–Crippen LogP) is 0.715. The van der Waals surface area contributed by atoms with Crippen LogP contribution in [-0.4, -0.2) is 47.3 Å². The van der Waals surface area contributed by atoms with Crippen LogP contribution >= 0.6 is 0 Å². The lowest BCUT2D eigenvalue weighted by Crippen LogP contribution is -2.38. The molecule has 0 atom stereocenters. The molecule has 5 nitrogen and oxygen atoms in total. The zero-order valence-corrected chi connectivity index (χ0v) is 10.3. The average Bonchev–Trinajstić information content (AvgIpc) is 2.68. The van der Waals surface area contributed by atoms with Crippen LogP contribution in [0.1, 0.15) is 16.9 Å². The van der Waals surface area contributed by atoms with Crippen molar-refractivity contribution in [3.8, 4) is 0 Å². The van der Waals surface area contributed by atoms with Gasteiger partial charge in [-0.2, -0.15) is 0 Å². The fraction of sp³-hybridized carbons (Fsp3) is 0.500. The maximum absolute atomic E-state index is 12.4. The Morgan fingerprint density at radius 2 is 2.26 bits per heavy atom. The summed E-state index contributed by atoms with van der Waals surface area (Å²) in [6.07, 6.45) is -0.420. The van der Waals surface area contributed by atoms with Crippen LogP contribution in [0.3, 0.4) is 0 Å². The number of nitrogens with one attached hydrogen (secondary N) is 1. The summed E-state index contributed by atoms with van der Waals surface area (Å²) in [5, 5.41) is 2.66. The van der Waals surface area contributed by atoms with Gasteiger partial charge in [0.25, 0.3) is 12.3 Å². The van der Waals surface area contributed by atoms with E-state index in [1.54, 1.807) is 6.07 Å². The Bertz CT molecular complexity index is 473. The molecule has 0 aliphatic carbocycles. The molecule has 0 saturated carbocycles. The Labute approximate surface area is 109 Å². The second kappa shape index (κ2) is 5.81. The minimum absolute atomic E-state index is 0.0291. The van der Waals surface area contributed by atoms with Gasteiger partial charge in [0, 0.05) is 19.3 Å². The van der Waals surface area contributed by atoms with E-state index in [4.69, 9.17) is 0 Å². The number of rotatable bonds is 3. The molecule has 104 valence electrons. The van der Waals surface area contributed by atoms with Crippen LogP contribution in [0.15, 0.2) is 18.3 Å². The summed E-state index contributed by atoms with van der Waals surface area (Å²) >= 11 is 0. The molecule has 2 rings (SSSR count). The first kappa shape index (κ1) is 13.5. The molecule has 1 aromatic heterocycles. The predicted molar refractivity (Wildman–Crippen MR) is 64.0 cm³/mol. The molecule has 1 fully saturated rings. The number of halogens is 2. The van der Waals surface area contributed by atoms with Crippen molar-refractivity contribution in [2.45, 2.75) is 19.4 Å². The van der Waals surface area contributed by atoms with Crippen LogP contribution in [0.5, 0.6) is 0 Å². The molecular formula is C12H15F2N3O2. The largest absolute Gasteiger partial charge is 0.354 e. The lowest BCUT2D eigenvalue weighted by atomic mass is 10.3. The van der Waals surface area contributed by atoms with Crippen molar-refractivity contribution in [2.75, 3.05) is 19.6 Å². The molecular weight excluding hydrogens is 256 g/mol. The molecule has 2 amide bonds. The molecule has 7 heteroatoms. The van der Waals surface area contributed by atoms with Gasteiger partial charge >= 0.3 is 0 Å². The Morgan fingerprint density at radius 3 is 3.00 bits per heavy atom. The number of amides is 2. The number of hydrogen-bond donors (Lipinski definition) is 1. The number of alkyl halides is 2. The lowest BCUT2D eigenvalue weighted by Gasteiger charge is -2.20. The van der Waals surface area contributed by atoms with Crippen LogP contribution < -0.4 is 5.32 Å².